The lowest BCUT2D eigenvalue weighted by Crippen LogP contribution is -2.46. The van der Waals surface area contributed by atoms with E-state index in [1.54, 1.807) is 0 Å². The lowest BCUT2D eigenvalue weighted by molar-refractivity contribution is -0.123. The molecule has 0 aliphatic carbocycles. The molecule has 0 aromatic rings. The van der Waals surface area contributed by atoms with Crippen molar-refractivity contribution >= 4 is 29.4 Å². The van der Waals surface area contributed by atoms with Gasteiger partial charge in [0.25, 0.3) is 0 Å². The van der Waals surface area contributed by atoms with E-state index in [0.717, 1.165) is 12.3 Å². The molecule has 15 heavy (non-hydrogen) atoms. The average molecular weight is 248 g/mol. The number of carbonyl (C=O) groups excluding carboxylic acids is 1. The molecule has 1 aliphatic rings. The van der Waals surface area contributed by atoms with Gasteiger partial charge in [0.05, 0.1) is 6.04 Å². The molecule has 1 aliphatic heterocycles. The van der Waals surface area contributed by atoms with E-state index in [-0.39, 0.29) is 17.9 Å². The molecule has 0 saturated carbocycles. The Morgan fingerprint density at radius 2 is 2.27 bits per heavy atom. The van der Waals surface area contributed by atoms with Crippen LogP contribution in [0.3, 0.4) is 0 Å². The van der Waals surface area contributed by atoms with Crippen molar-refractivity contribution in [2.75, 3.05) is 23.8 Å². The third-order valence-corrected chi connectivity index (χ3v) is 5.25. The van der Waals surface area contributed by atoms with Gasteiger partial charge in [0.2, 0.25) is 5.91 Å². The molecule has 1 rings (SSSR count). The van der Waals surface area contributed by atoms with Gasteiger partial charge in [0.1, 0.15) is 0 Å². The zero-order valence-corrected chi connectivity index (χ0v) is 11.0. The van der Waals surface area contributed by atoms with Crippen LogP contribution in [0.4, 0.5) is 0 Å². The van der Waals surface area contributed by atoms with Crippen LogP contribution in [0.25, 0.3) is 0 Å². The summed E-state index contributed by atoms with van der Waals surface area (Å²) in [5.41, 5.74) is 5.75. The minimum absolute atomic E-state index is 0.0128. The Morgan fingerprint density at radius 1 is 1.53 bits per heavy atom. The van der Waals surface area contributed by atoms with Crippen molar-refractivity contribution < 1.29 is 4.79 Å². The Hall–Kier alpha value is 0.130. The fourth-order valence-electron chi connectivity index (χ4n) is 1.29. The zero-order valence-electron chi connectivity index (χ0n) is 9.36. The van der Waals surface area contributed by atoms with Crippen LogP contribution < -0.4 is 11.1 Å². The topological polar surface area (TPSA) is 55.1 Å². The van der Waals surface area contributed by atoms with Crippen molar-refractivity contribution in [2.24, 2.45) is 11.7 Å². The third-order valence-electron chi connectivity index (χ3n) is 2.41. The molecule has 1 heterocycles. The highest BCUT2D eigenvalue weighted by molar-refractivity contribution is 8.06. The number of hydrogen-bond acceptors (Lipinski definition) is 4. The second kappa shape index (κ2) is 6.66. The lowest BCUT2D eigenvalue weighted by Gasteiger charge is -2.22. The Bertz CT molecular complexity index is 206. The quantitative estimate of drug-likeness (QED) is 0.777. The largest absolute Gasteiger partial charge is 0.354 e. The Balaban J connectivity index is 2.20. The van der Waals surface area contributed by atoms with E-state index >= 15 is 0 Å². The normalized spacial score (nSPS) is 23.9. The van der Waals surface area contributed by atoms with Gasteiger partial charge in [0.15, 0.2) is 0 Å². The van der Waals surface area contributed by atoms with Crippen molar-refractivity contribution in [2.45, 2.75) is 25.1 Å². The van der Waals surface area contributed by atoms with E-state index in [2.05, 4.69) is 5.32 Å². The second-order valence-electron chi connectivity index (χ2n) is 4.08. The summed E-state index contributed by atoms with van der Waals surface area (Å²) in [4.78, 5) is 11.6. The first-order valence-electron chi connectivity index (χ1n) is 5.34. The summed E-state index contributed by atoms with van der Waals surface area (Å²) in [6.07, 6.45) is 0. The molecule has 3 nitrogen and oxygen atoms in total. The number of hydrogen-bond donors (Lipinski definition) is 2. The fraction of sp³-hybridized carbons (Fsp3) is 0.900. The predicted octanol–water partition coefficient (Wildman–Crippen LogP) is 0.935. The van der Waals surface area contributed by atoms with Gasteiger partial charge >= 0.3 is 0 Å². The minimum Gasteiger partial charge on any atom is -0.354 e. The number of thioether (sulfide) groups is 2. The summed E-state index contributed by atoms with van der Waals surface area (Å²) in [6.45, 7) is 4.70. The molecule has 3 N–H and O–H groups in total. The summed E-state index contributed by atoms with van der Waals surface area (Å²) in [7, 11) is 0. The molecule has 2 atom stereocenters. The van der Waals surface area contributed by atoms with Crippen molar-refractivity contribution in [1.29, 1.82) is 0 Å². The van der Waals surface area contributed by atoms with Gasteiger partial charge in [0, 0.05) is 29.1 Å². The molecule has 0 radical (unpaired) electrons. The Labute approximate surface area is 100 Å². The maximum Gasteiger partial charge on any atom is 0.237 e. The smallest absolute Gasteiger partial charge is 0.237 e. The van der Waals surface area contributed by atoms with E-state index in [4.69, 9.17) is 5.73 Å². The van der Waals surface area contributed by atoms with Gasteiger partial charge < -0.3 is 11.1 Å². The highest BCUT2D eigenvalue weighted by atomic mass is 32.2. The van der Waals surface area contributed by atoms with Crippen LogP contribution in [0.5, 0.6) is 0 Å². The van der Waals surface area contributed by atoms with Crippen LogP contribution in [-0.2, 0) is 4.79 Å². The fourth-order valence-corrected chi connectivity index (χ4v) is 3.90. The SMILES string of the molecule is CC(C)[C@H](N)C(=O)NCC1CSCCS1. The second-order valence-corrected chi connectivity index (χ2v) is 6.64. The molecule has 0 aromatic carbocycles. The van der Waals surface area contributed by atoms with E-state index in [0.29, 0.717) is 5.25 Å². The lowest BCUT2D eigenvalue weighted by atomic mass is 10.1. The van der Waals surface area contributed by atoms with Crippen LogP contribution in [0.1, 0.15) is 13.8 Å². The van der Waals surface area contributed by atoms with Crippen LogP contribution in [0.15, 0.2) is 0 Å². The number of carbonyl (C=O) groups is 1. The van der Waals surface area contributed by atoms with Crippen molar-refractivity contribution in [1.82, 2.24) is 5.32 Å². The molecule has 0 spiro atoms. The van der Waals surface area contributed by atoms with Gasteiger partial charge in [-0.3, -0.25) is 4.79 Å². The number of nitrogens with one attached hydrogen (secondary N) is 1. The maximum absolute atomic E-state index is 11.6. The van der Waals surface area contributed by atoms with Gasteiger partial charge in [-0.15, -0.1) is 0 Å². The summed E-state index contributed by atoms with van der Waals surface area (Å²) < 4.78 is 0. The number of nitrogens with two attached hydrogens (primary N) is 1. The first-order valence-corrected chi connectivity index (χ1v) is 7.54. The van der Waals surface area contributed by atoms with Crippen LogP contribution >= 0.6 is 23.5 Å². The van der Waals surface area contributed by atoms with E-state index in [1.807, 2.05) is 37.4 Å². The van der Waals surface area contributed by atoms with Crippen molar-refractivity contribution in [3.8, 4) is 0 Å². The first kappa shape index (κ1) is 13.2. The summed E-state index contributed by atoms with van der Waals surface area (Å²) >= 11 is 3.91. The maximum atomic E-state index is 11.6. The average Bonchev–Trinajstić information content (AvgIpc) is 2.26. The van der Waals surface area contributed by atoms with Crippen molar-refractivity contribution in [3.63, 3.8) is 0 Å². The van der Waals surface area contributed by atoms with Gasteiger partial charge in [-0.25, -0.2) is 0 Å². The molecule has 0 aromatic heterocycles. The molecule has 1 amide bonds. The highest BCUT2D eigenvalue weighted by Gasteiger charge is 2.19. The molecule has 1 saturated heterocycles. The van der Waals surface area contributed by atoms with E-state index < -0.39 is 0 Å². The summed E-state index contributed by atoms with van der Waals surface area (Å²) in [5.74, 6) is 3.77. The summed E-state index contributed by atoms with van der Waals surface area (Å²) in [6, 6.07) is -0.369. The van der Waals surface area contributed by atoms with Gasteiger partial charge in [-0.05, 0) is 5.92 Å². The van der Waals surface area contributed by atoms with Crippen LogP contribution in [-0.4, -0.2) is 41.0 Å². The van der Waals surface area contributed by atoms with Crippen molar-refractivity contribution in [3.05, 3.63) is 0 Å². The molecule has 5 heteroatoms. The standard InChI is InChI=1S/C10H20N2OS2/c1-7(2)9(11)10(13)12-5-8-6-14-3-4-15-8/h7-9H,3-6,11H2,1-2H3,(H,12,13)/t8?,9-/m0/s1. The minimum atomic E-state index is -0.369. The third kappa shape index (κ3) is 4.66. The molecule has 1 unspecified atom stereocenters. The Morgan fingerprint density at radius 3 is 2.80 bits per heavy atom. The van der Waals surface area contributed by atoms with Crippen LogP contribution in [0, 0.1) is 5.92 Å². The number of amides is 1. The van der Waals surface area contributed by atoms with Gasteiger partial charge in [-0.2, -0.15) is 23.5 Å². The molecule has 88 valence electrons. The predicted molar refractivity (Wildman–Crippen MR) is 69.4 cm³/mol. The number of rotatable bonds is 4. The Kier molecular flexibility index (Phi) is 5.86. The van der Waals surface area contributed by atoms with E-state index in [1.165, 1.54) is 11.5 Å². The van der Waals surface area contributed by atoms with E-state index in [9.17, 15) is 4.79 Å². The zero-order chi connectivity index (χ0) is 11.3. The van der Waals surface area contributed by atoms with Crippen LogP contribution in [0.2, 0.25) is 0 Å². The summed E-state index contributed by atoms with van der Waals surface area (Å²) in [5, 5.41) is 3.50. The van der Waals surface area contributed by atoms with Gasteiger partial charge in [-0.1, -0.05) is 13.8 Å². The molecule has 1 fully saturated rings. The molecule has 0 bridgehead atoms. The molecular weight excluding hydrogens is 228 g/mol. The highest BCUT2D eigenvalue weighted by Crippen LogP contribution is 2.23. The molecular formula is C10H20N2OS2. The monoisotopic (exact) mass is 248 g/mol. The first-order chi connectivity index (χ1) is 7.11.